The Bertz CT molecular complexity index is 1070. The van der Waals surface area contributed by atoms with Gasteiger partial charge in [0.25, 0.3) is 5.91 Å². The second-order valence-electron chi connectivity index (χ2n) is 8.79. The number of nitrogens with one attached hydrogen (secondary N) is 1. The Labute approximate surface area is 207 Å². The SMILES string of the molecule is COc1ccccc1OCC(=O)N(Cc1ccccc1)[C@H](Cc1ccccc1)C(=O)NCC(C)C. The third kappa shape index (κ3) is 7.88. The van der Waals surface area contributed by atoms with Crippen molar-refractivity contribution in [3.8, 4) is 11.5 Å². The van der Waals surface area contributed by atoms with Gasteiger partial charge in [-0.25, -0.2) is 0 Å². The van der Waals surface area contributed by atoms with E-state index in [-0.39, 0.29) is 18.4 Å². The van der Waals surface area contributed by atoms with Crippen LogP contribution in [0, 0.1) is 5.92 Å². The lowest BCUT2D eigenvalue weighted by Gasteiger charge is -2.31. The molecular formula is C29H34N2O4. The van der Waals surface area contributed by atoms with Crippen molar-refractivity contribution in [1.82, 2.24) is 10.2 Å². The Morgan fingerprint density at radius 2 is 1.40 bits per heavy atom. The Hall–Kier alpha value is -3.80. The second kappa shape index (κ2) is 13.2. The number of amides is 2. The van der Waals surface area contributed by atoms with E-state index < -0.39 is 6.04 Å². The first kappa shape index (κ1) is 25.8. The van der Waals surface area contributed by atoms with Crippen molar-refractivity contribution < 1.29 is 19.1 Å². The molecule has 6 heteroatoms. The summed E-state index contributed by atoms with van der Waals surface area (Å²) in [5.74, 6) is 0.866. The fourth-order valence-electron chi connectivity index (χ4n) is 3.72. The van der Waals surface area contributed by atoms with Gasteiger partial charge in [-0.05, 0) is 29.2 Å². The zero-order valence-corrected chi connectivity index (χ0v) is 20.6. The maximum Gasteiger partial charge on any atom is 0.261 e. The second-order valence-corrected chi connectivity index (χ2v) is 8.79. The molecule has 0 saturated heterocycles. The van der Waals surface area contributed by atoms with Gasteiger partial charge in [-0.3, -0.25) is 9.59 Å². The molecule has 0 heterocycles. The summed E-state index contributed by atoms with van der Waals surface area (Å²) < 4.78 is 11.2. The average Bonchev–Trinajstić information content (AvgIpc) is 2.89. The average molecular weight is 475 g/mol. The van der Waals surface area contributed by atoms with Gasteiger partial charge < -0.3 is 19.7 Å². The number of methoxy groups -OCH3 is 1. The predicted octanol–water partition coefficient (Wildman–Crippen LogP) is 4.49. The van der Waals surface area contributed by atoms with E-state index in [4.69, 9.17) is 9.47 Å². The zero-order valence-electron chi connectivity index (χ0n) is 20.6. The number of para-hydroxylation sites is 2. The first-order valence-electron chi connectivity index (χ1n) is 11.9. The highest BCUT2D eigenvalue weighted by Gasteiger charge is 2.30. The summed E-state index contributed by atoms with van der Waals surface area (Å²) in [4.78, 5) is 28.6. The van der Waals surface area contributed by atoms with Crippen LogP contribution in [0.3, 0.4) is 0 Å². The van der Waals surface area contributed by atoms with Crippen LogP contribution in [0.25, 0.3) is 0 Å². The molecule has 0 spiro atoms. The molecule has 1 atom stereocenters. The van der Waals surface area contributed by atoms with E-state index in [1.807, 2.05) is 86.6 Å². The minimum Gasteiger partial charge on any atom is -0.493 e. The largest absolute Gasteiger partial charge is 0.493 e. The summed E-state index contributed by atoms with van der Waals surface area (Å²) in [6, 6.07) is 25.9. The Balaban J connectivity index is 1.88. The molecule has 0 aliphatic heterocycles. The monoisotopic (exact) mass is 474 g/mol. The number of benzene rings is 3. The molecule has 3 aromatic rings. The molecule has 0 radical (unpaired) electrons. The van der Waals surface area contributed by atoms with Crippen LogP contribution in [0.5, 0.6) is 11.5 Å². The molecule has 3 aromatic carbocycles. The molecule has 0 bridgehead atoms. The van der Waals surface area contributed by atoms with Crippen LogP contribution >= 0.6 is 0 Å². The molecule has 6 nitrogen and oxygen atoms in total. The zero-order chi connectivity index (χ0) is 25.0. The highest BCUT2D eigenvalue weighted by molar-refractivity contribution is 5.88. The van der Waals surface area contributed by atoms with Crippen molar-refractivity contribution in [3.05, 3.63) is 96.1 Å². The van der Waals surface area contributed by atoms with Gasteiger partial charge in [0.1, 0.15) is 6.04 Å². The summed E-state index contributed by atoms with van der Waals surface area (Å²) in [5.41, 5.74) is 1.92. The van der Waals surface area contributed by atoms with E-state index in [1.54, 1.807) is 24.1 Å². The Morgan fingerprint density at radius 3 is 2.00 bits per heavy atom. The lowest BCUT2D eigenvalue weighted by atomic mass is 10.0. The molecule has 0 aromatic heterocycles. The highest BCUT2D eigenvalue weighted by atomic mass is 16.5. The molecule has 184 valence electrons. The van der Waals surface area contributed by atoms with Gasteiger partial charge >= 0.3 is 0 Å². The molecule has 0 saturated carbocycles. The van der Waals surface area contributed by atoms with E-state index in [9.17, 15) is 9.59 Å². The van der Waals surface area contributed by atoms with Gasteiger partial charge in [-0.2, -0.15) is 0 Å². The van der Waals surface area contributed by atoms with Crippen molar-refractivity contribution >= 4 is 11.8 Å². The number of ether oxygens (including phenoxy) is 2. The van der Waals surface area contributed by atoms with Crippen LogP contribution < -0.4 is 14.8 Å². The van der Waals surface area contributed by atoms with Crippen molar-refractivity contribution in [2.45, 2.75) is 32.9 Å². The Kier molecular flexibility index (Phi) is 9.72. The smallest absolute Gasteiger partial charge is 0.261 e. The quantitative estimate of drug-likeness (QED) is 0.420. The minimum absolute atomic E-state index is 0.177. The maximum absolute atomic E-state index is 13.6. The van der Waals surface area contributed by atoms with Crippen LogP contribution in [-0.4, -0.2) is 43.0 Å². The van der Waals surface area contributed by atoms with Crippen LogP contribution in [0.4, 0.5) is 0 Å². The van der Waals surface area contributed by atoms with Crippen molar-refractivity contribution in [2.75, 3.05) is 20.3 Å². The van der Waals surface area contributed by atoms with E-state index >= 15 is 0 Å². The number of carbonyl (C=O) groups is 2. The third-order valence-electron chi connectivity index (χ3n) is 5.57. The number of nitrogens with zero attached hydrogens (tertiary/aromatic N) is 1. The van der Waals surface area contributed by atoms with Crippen LogP contribution in [0.1, 0.15) is 25.0 Å². The molecule has 3 rings (SSSR count). The maximum atomic E-state index is 13.6. The molecule has 0 unspecified atom stereocenters. The molecule has 0 aliphatic rings. The molecule has 0 aliphatic carbocycles. The number of hydrogen-bond donors (Lipinski definition) is 1. The lowest BCUT2D eigenvalue weighted by Crippen LogP contribution is -2.52. The highest BCUT2D eigenvalue weighted by Crippen LogP contribution is 2.26. The molecule has 2 amide bonds. The van der Waals surface area contributed by atoms with Crippen molar-refractivity contribution in [2.24, 2.45) is 5.92 Å². The summed E-state index contributed by atoms with van der Waals surface area (Å²) in [6.45, 7) is 4.70. The van der Waals surface area contributed by atoms with E-state index in [1.165, 1.54) is 0 Å². The number of hydrogen-bond acceptors (Lipinski definition) is 4. The number of rotatable bonds is 12. The van der Waals surface area contributed by atoms with E-state index in [0.29, 0.717) is 36.9 Å². The van der Waals surface area contributed by atoms with Gasteiger partial charge in [-0.1, -0.05) is 86.6 Å². The van der Waals surface area contributed by atoms with Gasteiger partial charge in [0.15, 0.2) is 18.1 Å². The standard InChI is InChI=1S/C29H34N2O4/c1-22(2)19-30-29(33)25(18-23-12-6-4-7-13-23)31(20-24-14-8-5-9-15-24)28(32)21-35-27-17-11-10-16-26(27)34-3/h4-17,22,25H,18-21H2,1-3H3,(H,30,33)/t25-/m1/s1. The molecular weight excluding hydrogens is 440 g/mol. The van der Waals surface area contributed by atoms with Gasteiger partial charge in [-0.15, -0.1) is 0 Å². The van der Waals surface area contributed by atoms with Crippen molar-refractivity contribution in [1.29, 1.82) is 0 Å². The number of carbonyl (C=O) groups excluding carboxylic acids is 2. The first-order valence-corrected chi connectivity index (χ1v) is 11.9. The normalized spacial score (nSPS) is 11.5. The lowest BCUT2D eigenvalue weighted by molar-refractivity contribution is -0.142. The summed E-state index contributed by atoms with van der Waals surface area (Å²) in [6.07, 6.45) is 0.401. The molecule has 0 fully saturated rings. The van der Waals surface area contributed by atoms with Gasteiger partial charge in [0, 0.05) is 19.5 Å². The van der Waals surface area contributed by atoms with Crippen molar-refractivity contribution in [3.63, 3.8) is 0 Å². The van der Waals surface area contributed by atoms with E-state index in [0.717, 1.165) is 11.1 Å². The summed E-state index contributed by atoms with van der Waals surface area (Å²) in [7, 11) is 1.56. The summed E-state index contributed by atoms with van der Waals surface area (Å²) >= 11 is 0. The molecule has 35 heavy (non-hydrogen) atoms. The predicted molar refractivity (Wildman–Crippen MR) is 137 cm³/mol. The topological polar surface area (TPSA) is 67.9 Å². The fourth-order valence-corrected chi connectivity index (χ4v) is 3.72. The van der Waals surface area contributed by atoms with E-state index in [2.05, 4.69) is 5.32 Å². The third-order valence-corrected chi connectivity index (χ3v) is 5.57. The van der Waals surface area contributed by atoms with Crippen LogP contribution in [-0.2, 0) is 22.6 Å². The van der Waals surface area contributed by atoms with Gasteiger partial charge in [0.2, 0.25) is 5.91 Å². The van der Waals surface area contributed by atoms with Crippen LogP contribution in [0.2, 0.25) is 0 Å². The van der Waals surface area contributed by atoms with Gasteiger partial charge in [0.05, 0.1) is 7.11 Å². The fraction of sp³-hybridized carbons (Fsp3) is 0.310. The minimum atomic E-state index is -0.690. The first-order chi connectivity index (χ1) is 17.0. The Morgan fingerprint density at radius 1 is 0.829 bits per heavy atom. The summed E-state index contributed by atoms with van der Waals surface area (Å²) in [5, 5.41) is 3.02. The molecule has 1 N–H and O–H groups in total. The van der Waals surface area contributed by atoms with Crippen LogP contribution in [0.15, 0.2) is 84.9 Å².